The van der Waals surface area contributed by atoms with E-state index in [2.05, 4.69) is 10.4 Å². The maximum Gasteiger partial charge on any atom is 0.276 e. The van der Waals surface area contributed by atoms with Gasteiger partial charge in [-0.3, -0.25) is 15.1 Å². The molecule has 24 heavy (non-hydrogen) atoms. The molecule has 0 aromatic heterocycles. The summed E-state index contributed by atoms with van der Waals surface area (Å²) in [6, 6.07) is 15.1. The molecule has 1 unspecified atom stereocenters. The summed E-state index contributed by atoms with van der Waals surface area (Å²) in [4.78, 5) is 17.4. The highest BCUT2D eigenvalue weighted by molar-refractivity contribution is 8.13. The molecule has 2 aliphatic rings. The van der Waals surface area contributed by atoms with Crippen LogP contribution in [-0.2, 0) is 4.79 Å². The third-order valence-corrected chi connectivity index (χ3v) is 4.66. The molecule has 0 radical (unpaired) electrons. The molecule has 2 aliphatic heterocycles. The standard InChI is InChI=1S/C17H13ClN4OS/c1-24-17-20-16(23)14-12-7-2-3-8-13(12)19-15(22(14)21-17)10-5-4-6-11(18)9-10/h2-9,15H,1H3,(H,20,21,23). The highest BCUT2D eigenvalue weighted by atomic mass is 35.5. The van der Waals surface area contributed by atoms with Gasteiger partial charge in [-0.25, -0.2) is 5.01 Å². The smallest absolute Gasteiger partial charge is 0.276 e. The van der Waals surface area contributed by atoms with Crippen molar-refractivity contribution in [3.63, 3.8) is 0 Å². The number of carbonyl (C=O) groups excluding carboxylic acids is 1. The normalized spacial score (nSPS) is 19.0. The molecule has 1 atom stereocenters. The zero-order chi connectivity index (χ0) is 16.7. The first-order valence-corrected chi connectivity index (χ1v) is 8.93. The Morgan fingerprint density at radius 2 is 2.04 bits per heavy atom. The number of hydrogen-bond acceptors (Lipinski definition) is 5. The van der Waals surface area contributed by atoms with Crippen molar-refractivity contribution in [3.05, 3.63) is 69.7 Å². The first-order chi connectivity index (χ1) is 11.7. The van der Waals surface area contributed by atoms with Crippen LogP contribution in [0.15, 0.2) is 58.6 Å². The Hall–Kier alpha value is -2.31. The van der Waals surface area contributed by atoms with Gasteiger partial charge >= 0.3 is 0 Å². The average molecular weight is 357 g/mol. The number of amides is 1. The van der Waals surface area contributed by atoms with Crippen molar-refractivity contribution in [1.82, 2.24) is 10.3 Å². The number of nitrogens with one attached hydrogen (secondary N) is 1. The van der Waals surface area contributed by atoms with Crippen LogP contribution in [0, 0.1) is 0 Å². The molecule has 0 fully saturated rings. The number of hydrazone groups is 1. The topological polar surface area (TPSA) is 57.1 Å². The van der Waals surface area contributed by atoms with Gasteiger partial charge in [-0.2, -0.15) is 0 Å². The molecule has 7 heteroatoms. The van der Waals surface area contributed by atoms with Gasteiger partial charge in [0.05, 0.1) is 5.36 Å². The average Bonchev–Trinajstić information content (AvgIpc) is 2.60. The first-order valence-electron chi connectivity index (χ1n) is 7.33. The van der Waals surface area contributed by atoms with Crippen LogP contribution in [0.1, 0.15) is 11.7 Å². The zero-order valence-electron chi connectivity index (χ0n) is 12.7. The van der Waals surface area contributed by atoms with Crippen molar-refractivity contribution in [2.45, 2.75) is 6.17 Å². The number of rotatable bonds is 1. The fourth-order valence-electron chi connectivity index (χ4n) is 2.80. The van der Waals surface area contributed by atoms with Gasteiger partial charge in [0.15, 0.2) is 11.3 Å². The van der Waals surface area contributed by atoms with E-state index < -0.39 is 6.17 Å². The van der Waals surface area contributed by atoms with Crippen LogP contribution in [0.2, 0.25) is 5.02 Å². The molecule has 0 aliphatic carbocycles. The van der Waals surface area contributed by atoms with E-state index >= 15 is 0 Å². The van der Waals surface area contributed by atoms with E-state index in [1.807, 2.05) is 54.8 Å². The molecular weight excluding hydrogens is 344 g/mol. The number of fused-ring (bicyclic) bond motifs is 2. The number of benzene rings is 2. The third-order valence-electron chi connectivity index (χ3n) is 3.86. The molecular formula is C17H13ClN4OS. The zero-order valence-corrected chi connectivity index (χ0v) is 14.3. The van der Waals surface area contributed by atoms with Gasteiger partial charge in [0.25, 0.3) is 5.91 Å². The Morgan fingerprint density at radius 3 is 2.83 bits per heavy atom. The van der Waals surface area contributed by atoms with Crippen LogP contribution in [0.4, 0.5) is 0 Å². The monoisotopic (exact) mass is 356 g/mol. The van der Waals surface area contributed by atoms with Crippen LogP contribution in [0.3, 0.4) is 0 Å². The summed E-state index contributed by atoms with van der Waals surface area (Å²) < 4.78 is 0. The van der Waals surface area contributed by atoms with Gasteiger partial charge in [-0.05, 0) is 30.0 Å². The van der Waals surface area contributed by atoms with Gasteiger partial charge in [0.1, 0.15) is 5.70 Å². The van der Waals surface area contributed by atoms with Crippen molar-refractivity contribution in [2.24, 2.45) is 10.1 Å². The van der Waals surface area contributed by atoms with Crippen molar-refractivity contribution in [1.29, 1.82) is 0 Å². The molecule has 0 saturated carbocycles. The lowest BCUT2D eigenvalue weighted by atomic mass is 10.1. The van der Waals surface area contributed by atoms with Gasteiger partial charge in [-0.15, -0.1) is 5.10 Å². The first kappa shape index (κ1) is 15.2. The van der Waals surface area contributed by atoms with E-state index in [-0.39, 0.29) is 5.91 Å². The Balaban J connectivity index is 1.99. The Bertz CT molecular complexity index is 988. The van der Waals surface area contributed by atoms with E-state index in [1.54, 1.807) is 5.01 Å². The molecule has 2 aromatic rings. The Morgan fingerprint density at radius 1 is 1.21 bits per heavy atom. The highest BCUT2D eigenvalue weighted by Gasteiger charge is 2.34. The number of hydrogen-bond donors (Lipinski definition) is 1. The number of nitrogens with zero attached hydrogens (tertiary/aromatic N) is 3. The summed E-state index contributed by atoms with van der Waals surface area (Å²) >= 11 is 7.52. The predicted octanol–water partition coefficient (Wildman–Crippen LogP) is 1.85. The second kappa shape index (κ2) is 5.96. The molecule has 0 bridgehead atoms. The number of amidine groups is 1. The lowest BCUT2D eigenvalue weighted by Crippen LogP contribution is -2.50. The van der Waals surface area contributed by atoms with Crippen molar-refractivity contribution in [2.75, 3.05) is 6.26 Å². The largest absolute Gasteiger partial charge is 0.298 e. The maximum absolute atomic E-state index is 12.7. The van der Waals surface area contributed by atoms with E-state index in [0.29, 0.717) is 15.9 Å². The number of carbonyl (C=O) groups is 1. The Kier molecular flexibility index (Phi) is 3.78. The third kappa shape index (κ3) is 2.48. The van der Waals surface area contributed by atoms with E-state index in [1.165, 1.54) is 11.8 Å². The van der Waals surface area contributed by atoms with Crippen molar-refractivity contribution >= 4 is 40.1 Å². The molecule has 120 valence electrons. The van der Waals surface area contributed by atoms with Crippen LogP contribution < -0.4 is 15.9 Å². The second-order valence-electron chi connectivity index (χ2n) is 5.33. The van der Waals surface area contributed by atoms with Gasteiger partial charge in [0, 0.05) is 10.2 Å². The van der Waals surface area contributed by atoms with Crippen molar-refractivity contribution in [3.8, 4) is 0 Å². The fourth-order valence-corrected chi connectivity index (χ4v) is 3.37. The maximum atomic E-state index is 12.7. The number of para-hydroxylation sites is 1. The fraction of sp³-hybridized carbons (Fsp3) is 0.118. The lowest BCUT2D eigenvalue weighted by molar-refractivity contribution is -0.116. The van der Waals surface area contributed by atoms with Gasteiger partial charge < -0.3 is 0 Å². The summed E-state index contributed by atoms with van der Waals surface area (Å²) in [6.07, 6.45) is 1.44. The highest BCUT2D eigenvalue weighted by Crippen LogP contribution is 2.31. The van der Waals surface area contributed by atoms with Crippen molar-refractivity contribution < 1.29 is 4.79 Å². The summed E-state index contributed by atoms with van der Waals surface area (Å²) in [5, 5.41) is 11.8. The second-order valence-corrected chi connectivity index (χ2v) is 6.56. The molecule has 1 N–H and O–H groups in total. The number of thioether (sulfide) groups is 1. The molecule has 2 heterocycles. The van der Waals surface area contributed by atoms with E-state index in [9.17, 15) is 4.79 Å². The van der Waals surface area contributed by atoms with Gasteiger partial charge in [-0.1, -0.05) is 53.7 Å². The lowest BCUT2D eigenvalue weighted by Gasteiger charge is -2.33. The van der Waals surface area contributed by atoms with Gasteiger partial charge in [0.2, 0.25) is 0 Å². The summed E-state index contributed by atoms with van der Waals surface area (Å²) in [7, 11) is 0. The molecule has 1 amide bonds. The molecule has 0 spiro atoms. The predicted molar refractivity (Wildman–Crippen MR) is 95.8 cm³/mol. The molecule has 2 aromatic carbocycles. The van der Waals surface area contributed by atoms with E-state index in [4.69, 9.17) is 16.6 Å². The minimum Gasteiger partial charge on any atom is -0.298 e. The molecule has 0 saturated heterocycles. The summed E-state index contributed by atoms with van der Waals surface area (Å²) in [6.45, 7) is 0. The Labute approximate surface area is 147 Å². The van der Waals surface area contributed by atoms with Crippen LogP contribution >= 0.6 is 23.4 Å². The van der Waals surface area contributed by atoms with Crippen LogP contribution in [0.25, 0.3) is 5.70 Å². The minimum atomic E-state index is -0.429. The van der Waals surface area contributed by atoms with Crippen LogP contribution in [0.5, 0.6) is 0 Å². The summed E-state index contributed by atoms with van der Waals surface area (Å²) in [5.74, 6) is -0.177. The number of halogens is 1. The summed E-state index contributed by atoms with van der Waals surface area (Å²) in [5.41, 5.74) is 1.39. The van der Waals surface area contributed by atoms with Crippen LogP contribution in [-0.4, -0.2) is 22.3 Å². The quantitative estimate of drug-likeness (QED) is 0.848. The van der Waals surface area contributed by atoms with E-state index in [0.717, 1.165) is 16.1 Å². The minimum absolute atomic E-state index is 0.177. The molecule has 5 nitrogen and oxygen atoms in total. The SMILES string of the molecule is CSC1=NN2C(=c3ccccc3=NC2c2cccc(Cl)c2)C(=O)N1. The molecule has 4 rings (SSSR count).